The summed E-state index contributed by atoms with van der Waals surface area (Å²) in [6.45, 7) is 0. The highest BCUT2D eigenvalue weighted by atomic mass is 32.3. The van der Waals surface area contributed by atoms with Gasteiger partial charge < -0.3 is 4.13 Å². The van der Waals surface area contributed by atoms with Gasteiger partial charge in [-0.2, -0.15) is 0 Å². The summed E-state index contributed by atoms with van der Waals surface area (Å²) in [6, 6.07) is 1.09. The summed E-state index contributed by atoms with van der Waals surface area (Å²) in [5, 5.41) is 21.4. The Bertz CT molecular complexity index is 755. The molecule has 0 aliphatic carbocycles. The minimum absolute atomic E-state index is 0.547. The van der Waals surface area contributed by atoms with Gasteiger partial charge in [0.25, 0.3) is 11.4 Å². The first kappa shape index (κ1) is 13.3. The van der Waals surface area contributed by atoms with Crippen LogP contribution in [0, 0.1) is 20.2 Å². The number of nitro groups is 2. The molecule has 0 saturated heterocycles. The molecule has 0 bridgehead atoms. The number of hydrogen-bond acceptors (Lipinski definition) is 8. The van der Waals surface area contributed by atoms with E-state index >= 15 is 0 Å². The summed E-state index contributed by atoms with van der Waals surface area (Å²) < 4.78 is 48.4. The molecule has 2 rings (SSSR count). The van der Waals surface area contributed by atoms with E-state index in [0.29, 0.717) is 12.1 Å². The molecular formula is C6H2N3O8S2-. The Morgan fingerprint density at radius 3 is 1.42 bits per heavy atom. The van der Waals surface area contributed by atoms with Crippen molar-refractivity contribution in [3.05, 3.63) is 36.5 Å². The van der Waals surface area contributed by atoms with Gasteiger partial charge in [-0.3, -0.25) is 20.2 Å². The molecule has 0 unspecified atom stereocenters. The van der Waals surface area contributed by atoms with Gasteiger partial charge in [0.1, 0.15) is 20.0 Å². The van der Waals surface area contributed by atoms with Crippen molar-refractivity contribution in [2.75, 3.05) is 0 Å². The molecule has 0 spiro atoms. The molecule has 19 heavy (non-hydrogen) atoms. The highest BCUT2D eigenvalue weighted by Crippen LogP contribution is 2.47. The molecule has 11 nitrogen and oxygen atoms in total. The van der Waals surface area contributed by atoms with Crippen molar-refractivity contribution >= 4 is 31.4 Å². The van der Waals surface area contributed by atoms with Crippen molar-refractivity contribution in [2.24, 2.45) is 0 Å². The van der Waals surface area contributed by atoms with E-state index in [1.807, 2.05) is 0 Å². The zero-order valence-corrected chi connectivity index (χ0v) is 10.2. The fourth-order valence-electron chi connectivity index (χ4n) is 1.53. The molecule has 0 radical (unpaired) electrons. The molecule has 1 aromatic rings. The largest absolute Gasteiger partial charge is 0.427 e. The number of nitrogens with zero attached hydrogens (tertiary/aromatic N) is 3. The molecule has 0 fully saturated rings. The van der Waals surface area contributed by atoms with Gasteiger partial charge in [0.2, 0.25) is 0 Å². The van der Waals surface area contributed by atoms with E-state index < -0.39 is 51.1 Å². The number of hydrogen-bond donors (Lipinski definition) is 0. The van der Waals surface area contributed by atoms with Crippen LogP contribution in [0.2, 0.25) is 0 Å². The van der Waals surface area contributed by atoms with Crippen molar-refractivity contribution in [3.63, 3.8) is 0 Å². The normalized spacial score (nSPS) is 18.7. The van der Waals surface area contributed by atoms with Crippen LogP contribution in [-0.4, -0.2) is 26.7 Å². The summed E-state index contributed by atoms with van der Waals surface area (Å²) >= 11 is 0. The van der Waals surface area contributed by atoms with Gasteiger partial charge in [-0.05, 0) is 0 Å². The number of fused-ring (bicyclic) bond motifs is 1. The standard InChI is InChI=1S/C6H2N3O8S2/c10-8(11)3-1-2-4(9(12)13)6-5(3)18(14,15)7-19(6,16)17/h1-2H/q-1. The summed E-state index contributed by atoms with van der Waals surface area (Å²) in [5.41, 5.74) is -2.16. The molecule has 0 N–H and O–H groups in total. The lowest BCUT2D eigenvalue weighted by Crippen LogP contribution is -2.02. The quantitative estimate of drug-likeness (QED) is 0.553. The molecule has 0 aromatic heterocycles. The van der Waals surface area contributed by atoms with Crippen LogP contribution < -0.4 is 0 Å². The van der Waals surface area contributed by atoms with Crippen molar-refractivity contribution in [3.8, 4) is 0 Å². The summed E-state index contributed by atoms with van der Waals surface area (Å²) in [6.07, 6.45) is 0. The Balaban J connectivity index is 3.08. The van der Waals surface area contributed by atoms with Crippen LogP contribution >= 0.6 is 0 Å². The van der Waals surface area contributed by atoms with Crippen molar-refractivity contribution < 1.29 is 26.7 Å². The topological polar surface area (TPSA) is 169 Å². The Morgan fingerprint density at radius 2 is 1.16 bits per heavy atom. The first-order chi connectivity index (χ1) is 8.58. The predicted octanol–water partition coefficient (Wildman–Crippen LogP) is 0.268. The van der Waals surface area contributed by atoms with E-state index in [2.05, 4.69) is 4.13 Å². The minimum Gasteiger partial charge on any atom is -0.427 e. The highest BCUT2D eigenvalue weighted by Gasteiger charge is 2.41. The molecule has 1 aliphatic rings. The molecule has 1 aliphatic heterocycles. The van der Waals surface area contributed by atoms with Gasteiger partial charge in [-0.15, -0.1) is 0 Å². The van der Waals surface area contributed by atoms with E-state index in [0.717, 1.165) is 0 Å². The van der Waals surface area contributed by atoms with Crippen molar-refractivity contribution in [1.29, 1.82) is 0 Å². The van der Waals surface area contributed by atoms with E-state index in [1.54, 1.807) is 0 Å². The molecule has 1 heterocycles. The van der Waals surface area contributed by atoms with E-state index in [-0.39, 0.29) is 0 Å². The number of benzene rings is 1. The third-order valence-corrected chi connectivity index (χ3v) is 5.73. The molecule has 102 valence electrons. The second-order valence-corrected chi connectivity index (χ2v) is 6.61. The van der Waals surface area contributed by atoms with Crippen LogP contribution in [0.1, 0.15) is 0 Å². The van der Waals surface area contributed by atoms with Crippen LogP contribution in [0.25, 0.3) is 4.13 Å². The smallest absolute Gasteiger partial charge is 0.288 e. The monoisotopic (exact) mass is 308 g/mol. The first-order valence-corrected chi connectivity index (χ1v) is 7.16. The van der Waals surface area contributed by atoms with Crippen LogP contribution in [-0.2, 0) is 20.0 Å². The summed E-state index contributed by atoms with van der Waals surface area (Å²) in [7, 11) is -9.71. The average molecular weight is 308 g/mol. The van der Waals surface area contributed by atoms with Crippen molar-refractivity contribution in [2.45, 2.75) is 9.79 Å². The molecule has 0 amide bonds. The number of sulfonamides is 2. The zero-order valence-electron chi connectivity index (χ0n) is 8.58. The zero-order chi connectivity index (χ0) is 14.6. The lowest BCUT2D eigenvalue weighted by Gasteiger charge is -2.05. The fourth-order valence-corrected chi connectivity index (χ4v) is 5.28. The highest BCUT2D eigenvalue weighted by molar-refractivity contribution is 8.14. The van der Waals surface area contributed by atoms with E-state index in [1.165, 1.54) is 0 Å². The van der Waals surface area contributed by atoms with E-state index in [9.17, 15) is 37.1 Å². The Morgan fingerprint density at radius 1 is 0.842 bits per heavy atom. The predicted molar refractivity (Wildman–Crippen MR) is 57.5 cm³/mol. The Kier molecular flexibility index (Phi) is 2.58. The van der Waals surface area contributed by atoms with Crippen LogP contribution in [0.15, 0.2) is 21.9 Å². The van der Waals surface area contributed by atoms with Crippen LogP contribution in [0.5, 0.6) is 0 Å². The third-order valence-electron chi connectivity index (χ3n) is 2.18. The first-order valence-electron chi connectivity index (χ1n) is 4.28. The van der Waals surface area contributed by atoms with Gasteiger partial charge in [-0.25, -0.2) is 16.8 Å². The molecule has 1 aromatic carbocycles. The molecule has 13 heteroatoms. The third kappa shape index (κ3) is 1.83. The Hall–Kier alpha value is -2.12. The molecular weight excluding hydrogens is 306 g/mol. The SMILES string of the molecule is O=[N+]([O-])c1ccc([N+](=O)[O-])c2c1S(=O)(=O)[N-]S2(=O)=O. The second kappa shape index (κ2) is 3.69. The second-order valence-electron chi connectivity index (χ2n) is 3.30. The number of rotatable bonds is 2. The molecule has 0 saturated carbocycles. The minimum atomic E-state index is -4.85. The molecule has 0 atom stereocenters. The average Bonchev–Trinajstić information content (AvgIpc) is 2.43. The summed E-state index contributed by atoms with van der Waals surface area (Å²) in [5.74, 6) is 0. The maximum absolute atomic E-state index is 11.5. The van der Waals surface area contributed by atoms with Gasteiger partial charge in [0, 0.05) is 12.1 Å². The van der Waals surface area contributed by atoms with Crippen LogP contribution in [0.4, 0.5) is 11.4 Å². The fraction of sp³-hybridized carbons (Fsp3) is 0. The Labute approximate surface area is 105 Å². The van der Waals surface area contributed by atoms with E-state index in [4.69, 9.17) is 0 Å². The van der Waals surface area contributed by atoms with Gasteiger partial charge >= 0.3 is 0 Å². The maximum Gasteiger partial charge on any atom is 0.288 e. The lowest BCUT2D eigenvalue weighted by atomic mass is 10.3. The lowest BCUT2D eigenvalue weighted by molar-refractivity contribution is -0.394. The van der Waals surface area contributed by atoms with Gasteiger partial charge in [-0.1, -0.05) is 0 Å². The van der Waals surface area contributed by atoms with Gasteiger partial charge in [0.15, 0.2) is 9.79 Å². The van der Waals surface area contributed by atoms with Gasteiger partial charge in [0.05, 0.1) is 9.85 Å². The maximum atomic E-state index is 11.5. The number of nitro benzene ring substituents is 2. The summed E-state index contributed by atoms with van der Waals surface area (Å²) in [4.78, 5) is 16.5. The van der Waals surface area contributed by atoms with Crippen molar-refractivity contribution in [1.82, 2.24) is 0 Å². The van der Waals surface area contributed by atoms with Crippen LogP contribution in [0.3, 0.4) is 0 Å².